The first-order chi connectivity index (χ1) is 12.8. The van der Waals surface area contributed by atoms with E-state index >= 15 is 0 Å². The van der Waals surface area contributed by atoms with Crippen LogP contribution in [0.1, 0.15) is 90.3 Å². The van der Waals surface area contributed by atoms with Crippen molar-refractivity contribution in [1.29, 1.82) is 0 Å². The number of amides is 1. The Hall–Kier alpha value is -2.04. The lowest BCUT2D eigenvalue weighted by Crippen LogP contribution is -2.25. The molecule has 0 fully saturated rings. The number of unbranched alkanes of at least 4 members (excludes halogenated alkanes) is 2. The lowest BCUT2D eigenvalue weighted by atomic mass is 9.78. The number of phenolic OH excluding ortho intramolecular Hbond substituents is 1. The highest BCUT2D eigenvalue weighted by Gasteiger charge is 2.26. The van der Waals surface area contributed by atoms with Crippen molar-refractivity contribution in [3.8, 4) is 5.75 Å². The van der Waals surface area contributed by atoms with E-state index in [0.29, 0.717) is 31.6 Å². The van der Waals surface area contributed by atoms with Gasteiger partial charge in [0.25, 0.3) is 0 Å². The molecule has 5 nitrogen and oxygen atoms in total. The van der Waals surface area contributed by atoms with Crippen molar-refractivity contribution in [3.63, 3.8) is 0 Å². The number of nitrogens with one attached hydrogen (secondary N) is 1. The maximum atomic E-state index is 12.1. The Morgan fingerprint density at radius 1 is 0.893 bits per heavy atom. The highest BCUT2D eigenvalue weighted by Crippen LogP contribution is 2.39. The van der Waals surface area contributed by atoms with Gasteiger partial charge in [0.05, 0.1) is 0 Å². The maximum Gasteiger partial charge on any atom is 0.303 e. The predicted octanol–water partition coefficient (Wildman–Crippen LogP) is 4.68. The summed E-state index contributed by atoms with van der Waals surface area (Å²) in [6.45, 7) is 13.1. The number of aryl methyl sites for hydroxylation is 1. The van der Waals surface area contributed by atoms with E-state index in [1.54, 1.807) is 0 Å². The van der Waals surface area contributed by atoms with Crippen LogP contribution in [0.5, 0.6) is 5.75 Å². The van der Waals surface area contributed by atoms with Crippen LogP contribution in [0.25, 0.3) is 0 Å². The molecule has 0 atom stereocenters. The largest absolute Gasteiger partial charge is 0.507 e. The Balaban J connectivity index is 2.68. The average molecular weight is 392 g/mol. The molecule has 5 heteroatoms. The van der Waals surface area contributed by atoms with Crippen molar-refractivity contribution in [3.05, 3.63) is 28.8 Å². The second kappa shape index (κ2) is 9.94. The van der Waals surface area contributed by atoms with Crippen LogP contribution in [-0.2, 0) is 26.8 Å². The van der Waals surface area contributed by atoms with E-state index in [9.17, 15) is 14.7 Å². The molecule has 0 aliphatic carbocycles. The third-order valence-corrected chi connectivity index (χ3v) is 4.82. The maximum absolute atomic E-state index is 12.1. The smallest absolute Gasteiger partial charge is 0.303 e. The molecular formula is C23H37NO4. The molecule has 158 valence electrons. The van der Waals surface area contributed by atoms with Gasteiger partial charge in [0.15, 0.2) is 0 Å². The third-order valence-electron chi connectivity index (χ3n) is 4.82. The SMILES string of the molecule is CC(C)(C)c1cc(CCC(=O)NCCCCCC(=O)O)cc(C(C)(C)C)c1O. The number of rotatable bonds is 9. The van der Waals surface area contributed by atoms with E-state index < -0.39 is 5.97 Å². The predicted molar refractivity (Wildman–Crippen MR) is 113 cm³/mol. The van der Waals surface area contributed by atoms with E-state index in [-0.39, 0.29) is 23.2 Å². The summed E-state index contributed by atoms with van der Waals surface area (Å²) >= 11 is 0. The zero-order valence-corrected chi connectivity index (χ0v) is 18.3. The van der Waals surface area contributed by atoms with Gasteiger partial charge >= 0.3 is 5.97 Å². The van der Waals surface area contributed by atoms with Gasteiger partial charge in [0.1, 0.15) is 5.75 Å². The lowest BCUT2D eigenvalue weighted by Gasteiger charge is -2.28. The quantitative estimate of drug-likeness (QED) is 0.533. The van der Waals surface area contributed by atoms with Crippen LogP contribution < -0.4 is 5.32 Å². The van der Waals surface area contributed by atoms with Gasteiger partial charge in [-0.3, -0.25) is 9.59 Å². The molecule has 0 aliphatic heterocycles. The van der Waals surface area contributed by atoms with Gasteiger partial charge in [0, 0.05) is 19.4 Å². The van der Waals surface area contributed by atoms with E-state index in [2.05, 4.69) is 46.9 Å². The van der Waals surface area contributed by atoms with E-state index in [4.69, 9.17) is 5.11 Å². The normalized spacial score (nSPS) is 12.1. The number of carboxylic acids is 1. The van der Waals surface area contributed by atoms with Crippen LogP contribution in [0.3, 0.4) is 0 Å². The van der Waals surface area contributed by atoms with Crippen LogP contribution in [0.2, 0.25) is 0 Å². The van der Waals surface area contributed by atoms with Crippen LogP contribution in [0, 0.1) is 0 Å². The highest BCUT2D eigenvalue weighted by molar-refractivity contribution is 5.76. The first-order valence-corrected chi connectivity index (χ1v) is 10.2. The molecule has 0 bridgehead atoms. The number of hydrogen-bond acceptors (Lipinski definition) is 3. The number of carbonyl (C=O) groups is 2. The van der Waals surface area contributed by atoms with Crippen molar-refractivity contribution in [1.82, 2.24) is 5.32 Å². The monoisotopic (exact) mass is 391 g/mol. The molecule has 0 heterocycles. The van der Waals surface area contributed by atoms with Gasteiger partial charge in [-0.1, -0.05) is 60.1 Å². The summed E-state index contributed by atoms with van der Waals surface area (Å²) in [5, 5.41) is 22.3. The van der Waals surface area contributed by atoms with Crippen LogP contribution in [-0.4, -0.2) is 28.6 Å². The Bertz CT molecular complexity index is 646. The van der Waals surface area contributed by atoms with Gasteiger partial charge in [-0.15, -0.1) is 0 Å². The average Bonchev–Trinajstić information content (AvgIpc) is 2.54. The Kier molecular flexibility index (Phi) is 8.52. The first kappa shape index (κ1) is 24.0. The standard InChI is InChI=1S/C23H37NO4/c1-22(2,3)17-14-16(15-18(21(17)28)23(4,5)6)11-12-19(25)24-13-9-7-8-10-20(26)27/h14-15,28H,7-13H2,1-6H3,(H,24,25)(H,26,27). The minimum absolute atomic E-state index is 0.000858. The van der Waals surface area contributed by atoms with Gasteiger partial charge in [-0.05, 0) is 46.8 Å². The van der Waals surface area contributed by atoms with E-state index in [1.807, 2.05) is 12.1 Å². The molecule has 1 aromatic rings. The number of carbonyl (C=O) groups excluding carboxylic acids is 1. The Morgan fingerprint density at radius 2 is 1.43 bits per heavy atom. The van der Waals surface area contributed by atoms with Crippen molar-refractivity contribution in [2.75, 3.05) is 6.54 Å². The summed E-state index contributed by atoms with van der Waals surface area (Å²) in [6, 6.07) is 4.04. The number of carboxylic acid groups (broad SMARTS) is 1. The number of benzene rings is 1. The van der Waals surface area contributed by atoms with Gasteiger partial charge in [-0.25, -0.2) is 0 Å². The minimum atomic E-state index is -0.776. The van der Waals surface area contributed by atoms with Gasteiger partial charge in [0.2, 0.25) is 5.91 Å². The summed E-state index contributed by atoms with van der Waals surface area (Å²) in [5.41, 5.74) is 2.52. The summed E-state index contributed by atoms with van der Waals surface area (Å²) in [4.78, 5) is 22.6. The number of aliphatic carboxylic acids is 1. The Labute approximate surface area is 169 Å². The highest BCUT2D eigenvalue weighted by atomic mass is 16.4. The molecule has 0 aliphatic rings. The molecule has 1 rings (SSSR count). The lowest BCUT2D eigenvalue weighted by molar-refractivity contribution is -0.137. The van der Waals surface area contributed by atoms with Gasteiger partial charge in [-0.2, -0.15) is 0 Å². The van der Waals surface area contributed by atoms with Crippen LogP contribution in [0.15, 0.2) is 12.1 Å². The molecule has 1 amide bonds. The van der Waals surface area contributed by atoms with E-state index in [1.165, 1.54) is 0 Å². The van der Waals surface area contributed by atoms with E-state index in [0.717, 1.165) is 29.5 Å². The Morgan fingerprint density at radius 3 is 1.89 bits per heavy atom. The summed E-state index contributed by atoms with van der Waals surface area (Å²) in [6.07, 6.45) is 3.43. The summed E-state index contributed by atoms with van der Waals surface area (Å²) in [5.74, 6) is -0.419. The molecule has 28 heavy (non-hydrogen) atoms. The second-order valence-electron chi connectivity index (χ2n) is 9.59. The molecule has 0 saturated carbocycles. The molecule has 0 radical (unpaired) electrons. The fraction of sp³-hybridized carbons (Fsp3) is 0.652. The second-order valence-corrected chi connectivity index (χ2v) is 9.59. The number of aromatic hydroxyl groups is 1. The molecule has 1 aromatic carbocycles. The van der Waals surface area contributed by atoms with Crippen molar-refractivity contribution < 1.29 is 19.8 Å². The van der Waals surface area contributed by atoms with Crippen molar-refractivity contribution in [2.24, 2.45) is 0 Å². The van der Waals surface area contributed by atoms with Gasteiger partial charge < -0.3 is 15.5 Å². The topological polar surface area (TPSA) is 86.6 Å². The van der Waals surface area contributed by atoms with Crippen molar-refractivity contribution in [2.45, 2.75) is 90.9 Å². The zero-order valence-electron chi connectivity index (χ0n) is 18.3. The minimum Gasteiger partial charge on any atom is -0.507 e. The fourth-order valence-electron chi connectivity index (χ4n) is 3.13. The third kappa shape index (κ3) is 7.91. The molecule has 0 spiro atoms. The van der Waals surface area contributed by atoms with Crippen molar-refractivity contribution >= 4 is 11.9 Å². The summed E-state index contributed by atoms with van der Waals surface area (Å²) < 4.78 is 0. The molecule has 0 saturated heterocycles. The molecular weight excluding hydrogens is 354 g/mol. The zero-order chi connectivity index (χ0) is 21.5. The fourth-order valence-corrected chi connectivity index (χ4v) is 3.13. The number of phenols is 1. The van der Waals surface area contributed by atoms with Crippen LogP contribution in [0.4, 0.5) is 0 Å². The molecule has 3 N–H and O–H groups in total. The molecule has 0 aromatic heterocycles. The number of hydrogen-bond donors (Lipinski definition) is 3. The summed E-state index contributed by atoms with van der Waals surface area (Å²) in [7, 11) is 0. The van der Waals surface area contributed by atoms with Crippen LogP contribution >= 0.6 is 0 Å². The first-order valence-electron chi connectivity index (χ1n) is 10.2. The molecule has 0 unspecified atom stereocenters.